The Morgan fingerprint density at radius 2 is 1.90 bits per heavy atom. The molecule has 0 radical (unpaired) electrons. The van der Waals surface area contributed by atoms with Crippen molar-refractivity contribution >= 4 is 33.9 Å². The number of nitrogens with one attached hydrogen (secondary N) is 3. The number of nitriles is 1. The molecule has 5 rings (SSSR count). The first kappa shape index (κ1) is 19.3. The Bertz CT molecular complexity index is 1320. The van der Waals surface area contributed by atoms with Crippen molar-refractivity contribution in [3.05, 3.63) is 41.5 Å². The molecule has 0 amide bonds. The molecule has 3 aromatic heterocycles. The molecule has 0 bridgehead atoms. The van der Waals surface area contributed by atoms with E-state index >= 15 is 0 Å². The largest absolute Gasteiger partial charge is 0.368 e. The van der Waals surface area contributed by atoms with Crippen LogP contribution in [-0.2, 0) is 0 Å². The van der Waals surface area contributed by atoms with Crippen molar-refractivity contribution in [1.82, 2.24) is 29.9 Å². The fourth-order valence-corrected chi connectivity index (χ4v) is 4.53. The maximum atomic E-state index is 9.87. The summed E-state index contributed by atoms with van der Waals surface area (Å²) in [7, 11) is 0. The van der Waals surface area contributed by atoms with Crippen molar-refractivity contribution in [2.45, 2.75) is 39.8 Å². The molecule has 4 heterocycles. The Hall–Kier alpha value is -3.64. The number of imidazole rings is 1. The summed E-state index contributed by atoms with van der Waals surface area (Å²) in [5, 5.41) is 25.0. The molecular weight excluding hydrogens is 390 g/mol. The summed E-state index contributed by atoms with van der Waals surface area (Å²) in [6, 6.07) is 7.15. The fourth-order valence-electron chi connectivity index (χ4n) is 4.53. The van der Waals surface area contributed by atoms with E-state index in [4.69, 9.17) is 0 Å². The number of hydrogen-bond donors (Lipinski definition) is 3. The molecule has 9 nitrogen and oxygen atoms in total. The van der Waals surface area contributed by atoms with Gasteiger partial charge in [-0.05, 0) is 39.8 Å². The van der Waals surface area contributed by atoms with Crippen LogP contribution in [0.5, 0.6) is 0 Å². The topological polar surface area (TPSA) is 110 Å². The molecule has 158 valence electrons. The van der Waals surface area contributed by atoms with Crippen molar-refractivity contribution in [3.63, 3.8) is 0 Å². The first-order chi connectivity index (χ1) is 14.9. The standard InChI is InChI=1S/C22H25N9/c1-12-8-30(9-13(2)24-12)17-5-16(7-23)20-18(6-17)28-29-21(20)26-19-11-31-10-14(3)25-15(4)22(31)27-19/h5-6,10-13,24H,8-9H2,1-4H3,(H2,26,28,29)/t12-,13-/m0/s1. The quantitative estimate of drug-likeness (QED) is 0.472. The summed E-state index contributed by atoms with van der Waals surface area (Å²) in [4.78, 5) is 11.4. The van der Waals surface area contributed by atoms with Gasteiger partial charge in [-0.15, -0.1) is 0 Å². The number of anilines is 3. The molecule has 1 aromatic carbocycles. The van der Waals surface area contributed by atoms with Crippen molar-refractivity contribution < 1.29 is 0 Å². The summed E-state index contributed by atoms with van der Waals surface area (Å²) in [5.41, 5.74) is 5.02. The lowest BCUT2D eigenvalue weighted by Crippen LogP contribution is -2.54. The normalized spacial score (nSPS) is 19.1. The van der Waals surface area contributed by atoms with E-state index in [9.17, 15) is 5.26 Å². The average molecular weight is 416 g/mol. The van der Waals surface area contributed by atoms with E-state index in [1.807, 2.05) is 36.7 Å². The van der Waals surface area contributed by atoms with Gasteiger partial charge in [-0.2, -0.15) is 10.4 Å². The van der Waals surface area contributed by atoms with E-state index in [0.717, 1.165) is 46.7 Å². The maximum absolute atomic E-state index is 9.87. The van der Waals surface area contributed by atoms with Gasteiger partial charge in [0.15, 0.2) is 17.3 Å². The minimum atomic E-state index is 0.389. The van der Waals surface area contributed by atoms with Gasteiger partial charge in [-0.1, -0.05) is 0 Å². The molecule has 0 unspecified atom stereocenters. The highest BCUT2D eigenvalue weighted by molar-refractivity contribution is 5.98. The second kappa shape index (κ2) is 7.25. The molecule has 31 heavy (non-hydrogen) atoms. The van der Waals surface area contributed by atoms with Crippen molar-refractivity contribution in [3.8, 4) is 6.07 Å². The zero-order valence-electron chi connectivity index (χ0n) is 18.1. The molecular formula is C22H25N9. The van der Waals surface area contributed by atoms with E-state index in [-0.39, 0.29) is 0 Å². The van der Waals surface area contributed by atoms with E-state index < -0.39 is 0 Å². The fraction of sp³-hybridized carbons (Fsp3) is 0.364. The predicted molar refractivity (Wildman–Crippen MR) is 121 cm³/mol. The van der Waals surface area contributed by atoms with Crippen molar-refractivity contribution in [1.29, 1.82) is 5.26 Å². The number of fused-ring (bicyclic) bond motifs is 2. The number of piperazine rings is 1. The Labute approximate surface area is 180 Å². The van der Waals surface area contributed by atoms with E-state index in [0.29, 0.717) is 29.3 Å². The van der Waals surface area contributed by atoms with Crippen LogP contribution in [0.2, 0.25) is 0 Å². The number of aryl methyl sites for hydroxylation is 2. The number of aromatic nitrogens is 5. The third-order valence-corrected chi connectivity index (χ3v) is 5.66. The van der Waals surface area contributed by atoms with Crippen LogP contribution >= 0.6 is 0 Å². The van der Waals surface area contributed by atoms with Gasteiger partial charge in [0, 0.05) is 37.1 Å². The van der Waals surface area contributed by atoms with Crippen molar-refractivity contribution in [2.75, 3.05) is 23.3 Å². The van der Waals surface area contributed by atoms with Crippen LogP contribution in [0.25, 0.3) is 16.6 Å². The van der Waals surface area contributed by atoms with Crippen LogP contribution < -0.4 is 15.5 Å². The monoisotopic (exact) mass is 415 g/mol. The van der Waals surface area contributed by atoms with Crippen LogP contribution in [0.4, 0.5) is 17.3 Å². The highest BCUT2D eigenvalue weighted by atomic mass is 15.2. The van der Waals surface area contributed by atoms with E-state index in [1.165, 1.54) is 0 Å². The van der Waals surface area contributed by atoms with Crippen LogP contribution in [-0.4, -0.2) is 49.7 Å². The van der Waals surface area contributed by atoms with Gasteiger partial charge in [0.1, 0.15) is 6.07 Å². The summed E-state index contributed by atoms with van der Waals surface area (Å²) in [5.74, 6) is 1.24. The molecule has 0 saturated carbocycles. The molecule has 4 aromatic rings. The number of rotatable bonds is 3. The summed E-state index contributed by atoms with van der Waals surface area (Å²) < 4.78 is 1.95. The molecule has 0 aliphatic carbocycles. The minimum absolute atomic E-state index is 0.389. The number of hydrogen-bond acceptors (Lipinski definition) is 7. The number of nitrogens with zero attached hydrogens (tertiary/aromatic N) is 6. The molecule has 1 aliphatic rings. The van der Waals surface area contributed by atoms with Gasteiger partial charge in [0.05, 0.1) is 34.1 Å². The third-order valence-electron chi connectivity index (χ3n) is 5.66. The van der Waals surface area contributed by atoms with Gasteiger partial charge in [-0.3, -0.25) is 10.1 Å². The highest BCUT2D eigenvalue weighted by Crippen LogP contribution is 2.32. The zero-order chi connectivity index (χ0) is 21.7. The molecule has 1 aliphatic heterocycles. The highest BCUT2D eigenvalue weighted by Gasteiger charge is 2.23. The minimum Gasteiger partial charge on any atom is -0.368 e. The molecule has 2 atom stereocenters. The van der Waals surface area contributed by atoms with Gasteiger partial charge < -0.3 is 19.9 Å². The van der Waals surface area contributed by atoms with E-state index in [1.54, 1.807) is 0 Å². The molecule has 0 spiro atoms. The van der Waals surface area contributed by atoms with E-state index in [2.05, 4.69) is 61.7 Å². The molecule has 9 heteroatoms. The second-order valence-corrected chi connectivity index (χ2v) is 8.42. The maximum Gasteiger partial charge on any atom is 0.162 e. The predicted octanol–water partition coefficient (Wildman–Crippen LogP) is 3.02. The smallest absolute Gasteiger partial charge is 0.162 e. The van der Waals surface area contributed by atoms with Crippen molar-refractivity contribution in [2.24, 2.45) is 0 Å². The number of aromatic amines is 1. The lowest BCUT2D eigenvalue weighted by Gasteiger charge is -2.37. The van der Waals surface area contributed by atoms with Crippen LogP contribution in [0.1, 0.15) is 30.8 Å². The second-order valence-electron chi connectivity index (χ2n) is 8.42. The Morgan fingerprint density at radius 1 is 1.13 bits per heavy atom. The number of benzene rings is 1. The lowest BCUT2D eigenvalue weighted by molar-refractivity contribution is 0.407. The third kappa shape index (κ3) is 3.45. The SMILES string of the molecule is Cc1cn2cc(Nc3n[nH]c4cc(N5C[C@H](C)N[C@@H](C)C5)cc(C#N)c34)nc2c(C)n1. The molecule has 1 fully saturated rings. The van der Waals surface area contributed by atoms with Crippen LogP contribution in [0.3, 0.4) is 0 Å². The zero-order valence-corrected chi connectivity index (χ0v) is 18.1. The van der Waals surface area contributed by atoms with Crippen LogP contribution in [0, 0.1) is 25.2 Å². The summed E-state index contributed by atoms with van der Waals surface area (Å²) in [6.45, 7) is 10.0. The number of H-pyrrole nitrogens is 1. The first-order valence-electron chi connectivity index (χ1n) is 10.4. The van der Waals surface area contributed by atoms with Gasteiger partial charge in [0.25, 0.3) is 0 Å². The van der Waals surface area contributed by atoms with Gasteiger partial charge in [0.2, 0.25) is 0 Å². The van der Waals surface area contributed by atoms with Gasteiger partial charge in [-0.25, -0.2) is 4.98 Å². The first-order valence-corrected chi connectivity index (χ1v) is 10.4. The Kier molecular flexibility index (Phi) is 4.52. The summed E-state index contributed by atoms with van der Waals surface area (Å²) in [6.07, 6.45) is 3.84. The molecule has 3 N–H and O–H groups in total. The lowest BCUT2D eigenvalue weighted by atomic mass is 10.1. The Morgan fingerprint density at radius 3 is 2.65 bits per heavy atom. The van der Waals surface area contributed by atoms with Gasteiger partial charge >= 0.3 is 0 Å². The average Bonchev–Trinajstić information content (AvgIpc) is 3.31. The summed E-state index contributed by atoms with van der Waals surface area (Å²) >= 11 is 0. The Balaban J connectivity index is 1.52. The van der Waals surface area contributed by atoms with Crippen LogP contribution in [0.15, 0.2) is 24.5 Å². The molecule has 1 saturated heterocycles.